The lowest BCUT2D eigenvalue weighted by molar-refractivity contribution is -0.122. The van der Waals surface area contributed by atoms with Gasteiger partial charge in [-0.3, -0.25) is 4.79 Å². The Labute approximate surface area is 97.5 Å². The molecule has 1 unspecified atom stereocenters. The van der Waals surface area contributed by atoms with E-state index >= 15 is 0 Å². The molecule has 0 bridgehead atoms. The minimum Gasteiger partial charge on any atom is -0.385 e. The van der Waals surface area contributed by atoms with Gasteiger partial charge in [0.2, 0.25) is 5.91 Å². The van der Waals surface area contributed by atoms with E-state index < -0.39 is 11.4 Å². The Morgan fingerprint density at radius 2 is 1.81 bits per heavy atom. The Bertz CT molecular complexity index is 196. The van der Waals surface area contributed by atoms with Crippen LogP contribution in [0.25, 0.3) is 0 Å². The third-order valence-corrected chi connectivity index (χ3v) is 2.43. The Morgan fingerprint density at radius 3 is 2.38 bits per heavy atom. The standard InChI is InChI=1S/C11H24N2O3/c1-11(13,10(12)14)6-3-4-8-16-9-5-7-15-2/h3-9,13H2,1-2H3,(H2,12,14). The van der Waals surface area contributed by atoms with Crippen LogP contribution in [0.3, 0.4) is 0 Å². The van der Waals surface area contributed by atoms with Crippen LogP contribution < -0.4 is 11.5 Å². The van der Waals surface area contributed by atoms with Gasteiger partial charge in [0.05, 0.1) is 5.54 Å². The zero-order valence-corrected chi connectivity index (χ0v) is 10.3. The van der Waals surface area contributed by atoms with Crippen molar-refractivity contribution in [3.05, 3.63) is 0 Å². The number of amides is 1. The van der Waals surface area contributed by atoms with Crippen molar-refractivity contribution < 1.29 is 14.3 Å². The largest absolute Gasteiger partial charge is 0.385 e. The van der Waals surface area contributed by atoms with Crippen LogP contribution in [-0.4, -0.2) is 38.4 Å². The summed E-state index contributed by atoms with van der Waals surface area (Å²) in [4.78, 5) is 10.9. The molecule has 0 heterocycles. The Morgan fingerprint density at radius 1 is 1.19 bits per heavy atom. The Hall–Kier alpha value is -0.650. The van der Waals surface area contributed by atoms with Crippen LogP contribution >= 0.6 is 0 Å². The molecule has 0 saturated heterocycles. The summed E-state index contributed by atoms with van der Waals surface area (Å²) in [6.45, 7) is 3.79. The van der Waals surface area contributed by atoms with Gasteiger partial charge in [-0.25, -0.2) is 0 Å². The van der Waals surface area contributed by atoms with Gasteiger partial charge in [-0.15, -0.1) is 0 Å². The molecule has 0 spiro atoms. The van der Waals surface area contributed by atoms with E-state index in [1.807, 2.05) is 0 Å². The summed E-state index contributed by atoms with van der Waals surface area (Å²) in [6.07, 6.45) is 3.25. The SMILES string of the molecule is COCCCOCCCCC(C)(N)C(N)=O. The molecule has 5 nitrogen and oxygen atoms in total. The number of unbranched alkanes of at least 4 members (excludes halogenated alkanes) is 1. The predicted octanol–water partition coefficient (Wildman–Crippen LogP) is 0.413. The number of carbonyl (C=O) groups excluding carboxylic acids is 1. The fraction of sp³-hybridized carbons (Fsp3) is 0.909. The van der Waals surface area contributed by atoms with E-state index in [2.05, 4.69) is 0 Å². The van der Waals surface area contributed by atoms with Gasteiger partial charge < -0.3 is 20.9 Å². The van der Waals surface area contributed by atoms with E-state index in [9.17, 15) is 4.79 Å². The molecule has 0 fully saturated rings. The fourth-order valence-electron chi connectivity index (χ4n) is 1.23. The molecule has 0 aromatic carbocycles. The van der Waals surface area contributed by atoms with Crippen molar-refractivity contribution in [3.8, 4) is 0 Å². The molecule has 0 saturated carbocycles. The number of primary amides is 1. The molecule has 0 rings (SSSR count). The second-order valence-corrected chi connectivity index (χ2v) is 4.20. The Kier molecular flexibility index (Phi) is 8.15. The average Bonchev–Trinajstić information content (AvgIpc) is 2.21. The summed E-state index contributed by atoms with van der Waals surface area (Å²) >= 11 is 0. The van der Waals surface area contributed by atoms with Crippen molar-refractivity contribution in [2.75, 3.05) is 26.9 Å². The van der Waals surface area contributed by atoms with Crippen molar-refractivity contribution in [2.24, 2.45) is 11.5 Å². The molecule has 4 N–H and O–H groups in total. The van der Waals surface area contributed by atoms with Crippen LogP contribution in [0.4, 0.5) is 0 Å². The molecule has 0 aromatic heterocycles. The predicted molar refractivity (Wildman–Crippen MR) is 62.9 cm³/mol. The van der Waals surface area contributed by atoms with Crippen molar-refractivity contribution in [1.82, 2.24) is 0 Å². The lowest BCUT2D eigenvalue weighted by atomic mass is 9.96. The van der Waals surface area contributed by atoms with Gasteiger partial charge >= 0.3 is 0 Å². The third-order valence-electron chi connectivity index (χ3n) is 2.43. The van der Waals surface area contributed by atoms with Crippen molar-refractivity contribution in [2.45, 2.75) is 38.1 Å². The van der Waals surface area contributed by atoms with E-state index in [-0.39, 0.29) is 0 Å². The molecule has 1 amide bonds. The Balaban J connectivity index is 3.30. The number of methoxy groups -OCH3 is 1. The molecule has 0 aliphatic rings. The van der Waals surface area contributed by atoms with Gasteiger partial charge in [-0.05, 0) is 32.6 Å². The van der Waals surface area contributed by atoms with Crippen LogP contribution in [0.15, 0.2) is 0 Å². The number of ether oxygens (including phenoxy) is 2. The van der Waals surface area contributed by atoms with E-state index in [1.165, 1.54) is 0 Å². The lowest BCUT2D eigenvalue weighted by Gasteiger charge is -2.19. The first-order valence-corrected chi connectivity index (χ1v) is 5.66. The van der Waals surface area contributed by atoms with Crippen LogP contribution in [0.2, 0.25) is 0 Å². The molecule has 0 aliphatic carbocycles. The molecular formula is C11H24N2O3. The zero-order chi connectivity index (χ0) is 12.4. The van der Waals surface area contributed by atoms with E-state index in [0.29, 0.717) is 19.6 Å². The first-order chi connectivity index (χ1) is 7.50. The summed E-state index contributed by atoms with van der Waals surface area (Å²) < 4.78 is 10.3. The first kappa shape index (κ1) is 15.3. The second kappa shape index (κ2) is 8.50. The van der Waals surface area contributed by atoms with Gasteiger partial charge in [0, 0.05) is 26.9 Å². The average molecular weight is 232 g/mol. The lowest BCUT2D eigenvalue weighted by Crippen LogP contribution is -2.49. The fourth-order valence-corrected chi connectivity index (χ4v) is 1.23. The highest BCUT2D eigenvalue weighted by Crippen LogP contribution is 2.09. The number of carbonyl (C=O) groups is 1. The van der Waals surface area contributed by atoms with Crippen molar-refractivity contribution in [1.29, 1.82) is 0 Å². The van der Waals surface area contributed by atoms with Gasteiger partial charge in [-0.1, -0.05) is 0 Å². The van der Waals surface area contributed by atoms with Gasteiger partial charge in [-0.2, -0.15) is 0 Å². The smallest absolute Gasteiger partial charge is 0.237 e. The molecule has 16 heavy (non-hydrogen) atoms. The summed E-state index contributed by atoms with van der Waals surface area (Å²) in [5.41, 5.74) is 9.97. The molecule has 96 valence electrons. The summed E-state index contributed by atoms with van der Waals surface area (Å²) in [6, 6.07) is 0. The molecule has 5 heteroatoms. The maximum Gasteiger partial charge on any atom is 0.237 e. The highest BCUT2D eigenvalue weighted by Gasteiger charge is 2.24. The quantitative estimate of drug-likeness (QED) is 0.534. The zero-order valence-electron chi connectivity index (χ0n) is 10.3. The van der Waals surface area contributed by atoms with Crippen LogP contribution in [0, 0.1) is 0 Å². The molecular weight excluding hydrogens is 208 g/mol. The summed E-state index contributed by atoms with van der Waals surface area (Å²) in [5.74, 6) is -0.450. The van der Waals surface area contributed by atoms with Crippen LogP contribution in [-0.2, 0) is 14.3 Å². The second-order valence-electron chi connectivity index (χ2n) is 4.20. The number of hydrogen-bond acceptors (Lipinski definition) is 4. The number of nitrogens with two attached hydrogens (primary N) is 2. The monoisotopic (exact) mass is 232 g/mol. The maximum atomic E-state index is 10.9. The van der Waals surface area contributed by atoms with Crippen molar-refractivity contribution >= 4 is 5.91 Å². The highest BCUT2D eigenvalue weighted by atomic mass is 16.5. The molecule has 0 radical (unpaired) electrons. The maximum absolute atomic E-state index is 10.9. The number of hydrogen-bond donors (Lipinski definition) is 2. The topological polar surface area (TPSA) is 87.6 Å². The molecule has 0 aliphatic heterocycles. The minimum absolute atomic E-state index is 0.450. The molecule has 1 atom stereocenters. The van der Waals surface area contributed by atoms with E-state index in [4.69, 9.17) is 20.9 Å². The van der Waals surface area contributed by atoms with Gasteiger partial charge in [0.15, 0.2) is 0 Å². The molecule has 0 aromatic rings. The van der Waals surface area contributed by atoms with Crippen LogP contribution in [0.5, 0.6) is 0 Å². The first-order valence-electron chi connectivity index (χ1n) is 5.66. The van der Waals surface area contributed by atoms with E-state index in [1.54, 1.807) is 14.0 Å². The van der Waals surface area contributed by atoms with Gasteiger partial charge in [0.25, 0.3) is 0 Å². The highest BCUT2D eigenvalue weighted by molar-refractivity contribution is 5.83. The minimum atomic E-state index is -0.893. The third kappa shape index (κ3) is 7.62. The normalized spacial score (nSPS) is 14.7. The summed E-state index contributed by atoms with van der Waals surface area (Å²) in [7, 11) is 1.67. The van der Waals surface area contributed by atoms with Crippen LogP contribution in [0.1, 0.15) is 32.6 Å². The number of rotatable bonds is 10. The van der Waals surface area contributed by atoms with Gasteiger partial charge in [0.1, 0.15) is 0 Å². The summed E-state index contributed by atoms with van der Waals surface area (Å²) in [5, 5.41) is 0. The van der Waals surface area contributed by atoms with E-state index in [0.717, 1.165) is 25.9 Å². The van der Waals surface area contributed by atoms with Crippen molar-refractivity contribution in [3.63, 3.8) is 0 Å².